The van der Waals surface area contributed by atoms with Crippen LogP contribution in [0.3, 0.4) is 0 Å². The zero-order chi connectivity index (χ0) is 14.4. The Kier molecular flexibility index (Phi) is 5.20. The number of hydrogen-bond donors (Lipinski definition) is 2. The molecule has 0 radical (unpaired) electrons. The second kappa shape index (κ2) is 6.90. The molecule has 1 fully saturated rings. The maximum Gasteiger partial charge on any atom is 0.315 e. The number of hydrogen-bond acceptors (Lipinski definition) is 3. The fourth-order valence-electron chi connectivity index (χ4n) is 2.54. The molecule has 112 valence electrons. The molecule has 0 aromatic rings. The topological polar surface area (TPSA) is 59.6 Å². The third-order valence-electron chi connectivity index (χ3n) is 3.70. The van der Waals surface area contributed by atoms with E-state index in [1.165, 1.54) is 5.57 Å². The van der Waals surface area contributed by atoms with E-state index in [4.69, 9.17) is 9.47 Å². The quantitative estimate of drug-likeness (QED) is 0.554. The molecule has 0 spiro atoms. The summed E-state index contributed by atoms with van der Waals surface area (Å²) in [4.78, 5) is 11.1. The highest BCUT2D eigenvalue weighted by atomic mass is 16.7. The lowest BCUT2D eigenvalue weighted by Crippen LogP contribution is -2.36. The number of ether oxygens (including phenoxy) is 2. The largest absolute Gasteiger partial charge is 0.349 e. The van der Waals surface area contributed by atoms with Crippen molar-refractivity contribution in [3.63, 3.8) is 0 Å². The van der Waals surface area contributed by atoms with E-state index in [1.54, 1.807) is 7.11 Å². The van der Waals surface area contributed by atoms with Gasteiger partial charge in [-0.3, -0.25) is 0 Å². The lowest BCUT2D eigenvalue weighted by molar-refractivity contribution is -0.188. The third-order valence-corrected chi connectivity index (χ3v) is 3.70. The fourth-order valence-corrected chi connectivity index (χ4v) is 2.54. The Balaban J connectivity index is 1.90. The summed E-state index contributed by atoms with van der Waals surface area (Å²) in [5, 5.41) is 5.68. The first-order valence-electron chi connectivity index (χ1n) is 7.28. The molecular weight excluding hydrogens is 256 g/mol. The zero-order valence-corrected chi connectivity index (χ0v) is 12.3. The van der Waals surface area contributed by atoms with Crippen LogP contribution in [0.4, 0.5) is 4.79 Å². The van der Waals surface area contributed by atoms with Gasteiger partial charge in [-0.25, -0.2) is 4.79 Å². The van der Waals surface area contributed by atoms with Gasteiger partial charge in [0.2, 0.25) is 0 Å². The number of urea groups is 1. The van der Waals surface area contributed by atoms with Crippen molar-refractivity contribution < 1.29 is 14.3 Å². The van der Waals surface area contributed by atoms with Crippen LogP contribution < -0.4 is 10.6 Å². The van der Waals surface area contributed by atoms with Gasteiger partial charge in [0.15, 0.2) is 5.79 Å². The predicted molar refractivity (Wildman–Crippen MR) is 77.4 cm³/mol. The van der Waals surface area contributed by atoms with Crippen LogP contribution >= 0.6 is 0 Å². The highest BCUT2D eigenvalue weighted by Crippen LogP contribution is 2.30. The minimum atomic E-state index is -0.644. The van der Waals surface area contributed by atoms with E-state index < -0.39 is 5.79 Å². The van der Waals surface area contributed by atoms with Gasteiger partial charge in [0.05, 0.1) is 12.6 Å². The van der Waals surface area contributed by atoms with Crippen molar-refractivity contribution in [2.24, 2.45) is 0 Å². The van der Waals surface area contributed by atoms with E-state index in [9.17, 15) is 4.79 Å². The monoisotopic (exact) mass is 280 g/mol. The smallest absolute Gasteiger partial charge is 0.315 e. The summed E-state index contributed by atoms with van der Waals surface area (Å²) < 4.78 is 11.5. The number of carbonyl (C=O) groups is 1. The SMILES string of the molecule is CCCCOC1(OC)C=CC=C(CC2CNC(=O)N2)C1. The normalized spacial score (nSPS) is 29.0. The van der Waals surface area contributed by atoms with Crippen molar-refractivity contribution in [1.82, 2.24) is 10.6 Å². The standard InChI is InChI=1S/C15H24N2O3/c1-3-4-8-20-15(19-2)7-5-6-12(10-15)9-13-11-16-14(18)17-13/h5-7,13H,3-4,8-11H2,1-2H3,(H2,16,17,18). The van der Waals surface area contributed by atoms with Crippen LogP contribution in [0.1, 0.15) is 32.6 Å². The van der Waals surface area contributed by atoms with Crippen LogP contribution in [-0.2, 0) is 9.47 Å². The van der Waals surface area contributed by atoms with Gasteiger partial charge in [-0.15, -0.1) is 0 Å². The Labute approximate surface area is 120 Å². The van der Waals surface area contributed by atoms with Gasteiger partial charge < -0.3 is 20.1 Å². The maximum absolute atomic E-state index is 11.1. The van der Waals surface area contributed by atoms with Crippen LogP contribution in [0.5, 0.6) is 0 Å². The molecular formula is C15H24N2O3. The summed E-state index contributed by atoms with van der Waals surface area (Å²) in [6, 6.07) is 0.0737. The van der Waals surface area contributed by atoms with E-state index in [0.717, 1.165) is 25.7 Å². The van der Waals surface area contributed by atoms with Crippen LogP contribution in [0.15, 0.2) is 23.8 Å². The van der Waals surface area contributed by atoms with Crippen LogP contribution in [0, 0.1) is 0 Å². The van der Waals surface area contributed by atoms with E-state index in [2.05, 4.69) is 23.6 Å². The Morgan fingerprint density at radius 2 is 2.35 bits per heavy atom. The van der Waals surface area contributed by atoms with Crippen LogP contribution in [-0.4, -0.2) is 38.1 Å². The Hall–Kier alpha value is -1.33. The molecule has 1 saturated heterocycles. The number of rotatable bonds is 7. The Bertz CT molecular complexity index is 406. The van der Waals surface area contributed by atoms with Crippen molar-refractivity contribution in [3.8, 4) is 0 Å². The summed E-state index contributed by atoms with van der Waals surface area (Å²) >= 11 is 0. The number of allylic oxidation sites excluding steroid dienone is 2. The van der Waals surface area contributed by atoms with Gasteiger partial charge in [-0.1, -0.05) is 31.1 Å². The molecule has 2 amide bonds. The van der Waals surface area contributed by atoms with Gasteiger partial charge in [-0.2, -0.15) is 0 Å². The lowest BCUT2D eigenvalue weighted by Gasteiger charge is -2.33. The highest BCUT2D eigenvalue weighted by molar-refractivity contribution is 5.76. The molecule has 2 rings (SSSR count). The molecule has 1 aliphatic carbocycles. The Morgan fingerprint density at radius 1 is 1.50 bits per heavy atom. The number of unbranched alkanes of at least 4 members (excludes halogenated alkanes) is 1. The van der Waals surface area contributed by atoms with E-state index >= 15 is 0 Å². The van der Waals surface area contributed by atoms with Crippen molar-refractivity contribution in [1.29, 1.82) is 0 Å². The average molecular weight is 280 g/mol. The van der Waals surface area contributed by atoms with Crippen molar-refractivity contribution in [2.75, 3.05) is 20.3 Å². The molecule has 2 unspecified atom stereocenters. The number of amides is 2. The van der Waals surface area contributed by atoms with Crippen LogP contribution in [0.25, 0.3) is 0 Å². The predicted octanol–water partition coefficient (Wildman–Crippen LogP) is 2.10. The second-order valence-electron chi connectivity index (χ2n) is 5.33. The maximum atomic E-state index is 11.1. The average Bonchev–Trinajstić information content (AvgIpc) is 2.85. The summed E-state index contributed by atoms with van der Waals surface area (Å²) in [7, 11) is 1.68. The van der Waals surface area contributed by atoms with E-state index in [1.807, 2.05) is 12.2 Å². The van der Waals surface area contributed by atoms with E-state index in [0.29, 0.717) is 13.2 Å². The first kappa shape index (κ1) is 15.1. The first-order valence-corrected chi connectivity index (χ1v) is 7.28. The van der Waals surface area contributed by atoms with Gasteiger partial charge >= 0.3 is 6.03 Å². The molecule has 1 heterocycles. The lowest BCUT2D eigenvalue weighted by atomic mass is 9.94. The number of carbonyl (C=O) groups excluding carboxylic acids is 1. The van der Waals surface area contributed by atoms with Gasteiger partial charge in [-0.05, 0) is 18.9 Å². The van der Waals surface area contributed by atoms with Crippen LogP contribution in [0.2, 0.25) is 0 Å². The molecule has 0 aromatic carbocycles. The van der Waals surface area contributed by atoms with Crippen molar-refractivity contribution in [3.05, 3.63) is 23.8 Å². The minimum absolute atomic E-state index is 0.0841. The fraction of sp³-hybridized carbons (Fsp3) is 0.667. The molecule has 0 saturated carbocycles. The molecule has 5 nitrogen and oxygen atoms in total. The highest BCUT2D eigenvalue weighted by Gasteiger charge is 2.32. The molecule has 20 heavy (non-hydrogen) atoms. The Morgan fingerprint density at radius 3 is 3.00 bits per heavy atom. The number of nitrogens with one attached hydrogen (secondary N) is 2. The van der Waals surface area contributed by atoms with Gasteiger partial charge in [0.25, 0.3) is 0 Å². The summed E-state index contributed by atoms with van der Waals surface area (Å²) in [5.41, 5.74) is 1.24. The molecule has 0 aromatic heterocycles. The molecule has 5 heteroatoms. The molecule has 0 bridgehead atoms. The van der Waals surface area contributed by atoms with Crippen molar-refractivity contribution in [2.45, 2.75) is 44.4 Å². The minimum Gasteiger partial charge on any atom is -0.349 e. The third kappa shape index (κ3) is 3.84. The van der Waals surface area contributed by atoms with E-state index in [-0.39, 0.29) is 12.1 Å². The summed E-state index contributed by atoms with van der Waals surface area (Å²) in [6.45, 7) is 3.51. The summed E-state index contributed by atoms with van der Waals surface area (Å²) in [5.74, 6) is -0.644. The first-order chi connectivity index (χ1) is 9.67. The molecule has 2 aliphatic rings. The molecule has 2 N–H and O–H groups in total. The summed E-state index contributed by atoms with van der Waals surface area (Å²) in [6.07, 6.45) is 9.72. The van der Waals surface area contributed by atoms with Crippen molar-refractivity contribution >= 4 is 6.03 Å². The van der Waals surface area contributed by atoms with Gasteiger partial charge in [0.1, 0.15) is 0 Å². The second-order valence-corrected chi connectivity index (χ2v) is 5.33. The van der Waals surface area contributed by atoms with Gasteiger partial charge in [0, 0.05) is 20.1 Å². The molecule has 1 aliphatic heterocycles. The number of methoxy groups -OCH3 is 1. The molecule has 2 atom stereocenters. The zero-order valence-electron chi connectivity index (χ0n) is 12.3.